The molecule has 7 heteroatoms. The molecule has 118 valence electrons. The van der Waals surface area contributed by atoms with Crippen LogP contribution in [0.4, 0.5) is 4.79 Å². The van der Waals surface area contributed by atoms with Gasteiger partial charge >= 0.3 is 12.0 Å². The van der Waals surface area contributed by atoms with Gasteiger partial charge in [0.1, 0.15) is 6.04 Å². The molecule has 2 aliphatic rings. The zero-order valence-corrected chi connectivity index (χ0v) is 12.4. The van der Waals surface area contributed by atoms with Gasteiger partial charge in [0, 0.05) is 19.6 Å². The minimum Gasteiger partial charge on any atom is -0.481 e. The predicted octanol–water partition coefficient (Wildman–Crippen LogP) is 0.633. The summed E-state index contributed by atoms with van der Waals surface area (Å²) in [6.07, 6.45) is 3.27. The van der Waals surface area contributed by atoms with Crippen LogP contribution >= 0.6 is 0 Å². The van der Waals surface area contributed by atoms with E-state index in [0.29, 0.717) is 32.4 Å². The van der Waals surface area contributed by atoms with Gasteiger partial charge in [0.2, 0.25) is 5.91 Å². The number of nitrogens with zero attached hydrogens (tertiary/aromatic N) is 2. The number of carbonyl (C=O) groups is 3. The fourth-order valence-corrected chi connectivity index (χ4v) is 3.29. The molecule has 3 amide bonds. The first-order valence-corrected chi connectivity index (χ1v) is 7.49. The maximum Gasteiger partial charge on any atom is 0.320 e. The molecule has 0 aliphatic carbocycles. The average molecular weight is 297 g/mol. The minimum atomic E-state index is -0.856. The molecule has 0 spiro atoms. The second kappa shape index (κ2) is 5.91. The van der Waals surface area contributed by atoms with Gasteiger partial charge in [0.15, 0.2) is 0 Å². The molecule has 0 aromatic carbocycles. The summed E-state index contributed by atoms with van der Waals surface area (Å²) < 4.78 is 0. The molecule has 2 rings (SSSR count). The number of carboxylic acids is 1. The number of amides is 3. The Balaban J connectivity index is 2.10. The number of primary amides is 1. The molecule has 7 nitrogen and oxygen atoms in total. The Morgan fingerprint density at radius 1 is 1.29 bits per heavy atom. The molecule has 21 heavy (non-hydrogen) atoms. The van der Waals surface area contributed by atoms with Crippen LogP contribution in [-0.4, -0.2) is 58.5 Å². The molecule has 2 aliphatic heterocycles. The third kappa shape index (κ3) is 2.82. The van der Waals surface area contributed by atoms with E-state index in [-0.39, 0.29) is 12.6 Å². The van der Waals surface area contributed by atoms with Crippen molar-refractivity contribution >= 4 is 17.9 Å². The Hall–Kier alpha value is -1.79. The minimum absolute atomic E-state index is 0.208. The van der Waals surface area contributed by atoms with Crippen molar-refractivity contribution in [2.75, 3.05) is 19.6 Å². The van der Waals surface area contributed by atoms with Crippen molar-refractivity contribution in [2.45, 2.75) is 45.1 Å². The van der Waals surface area contributed by atoms with E-state index in [1.807, 2.05) is 6.92 Å². The molecule has 0 aromatic heterocycles. The zero-order chi connectivity index (χ0) is 15.6. The second-order valence-electron chi connectivity index (χ2n) is 6.00. The summed E-state index contributed by atoms with van der Waals surface area (Å²) in [4.78, 5) is 38.6. The second-order valence-corrected chi connectivity index (χ2v) is 6.00. The SMILES string of the molecule is CCC1(C(=O)O)CCN(C(=O)N2CCCCC2C(N)=O)C1. The van der Waals surface area contributed by atoms with Crippen molar-refractivity contribution < 1.29 is 19.5 Å². The highest BCUT2D eigenvalue weighted by atomic mass is 16.4. The number of piperidine rings is 1. The van der Waals surface area contributed by atoms with Gasteiger partial charge in [0.05, 0.1) is 5.41 Å². The summed E-state index contributed by atoms with van der Waals surface area (Å²) in [7, 11) is 0. The van der Waals surface area contributed by atoms with Crippen LogP contribution in [0.3, 0.4) is 0 Å². The number of hydrogen-bond acceptors (Lipinski definition) is 3. The number of urea groups is 1. The van der Waals surface area contributed by atoms with E-state index in [4.69, 9.17) is 5.73 Å². The quantitative estimate of drug-likeness (QED) is 0.797. The van der Waals surface area contributed by atoms with E-state index in [9.17, 15) is 19.5 Å². The number of likely N-dealkylation sites (tertiary alicyclic amines) is 2. The highest BCUT2D eigenvalue weighted by Crippen LogP contribution is 2.35. The number of carbonyl (C=O) groups excluding carboxylic acids is 2. The first-order chi connectivity index (χ1) is 9.91. The van der Waals surface area contributed by atoms with E-state index in [2.05, 4.69) is 0 Å². The largest absolute Gasteiger partial charge is 0.481 e. The van der Waals surface area contributed by atoms with Crippen LogP contribution in [0.2, 0.25) is 0 Å². The van der Waals surface area contributed by atoms with Gasteiger partial charge in [-0.3, -0.25) is 9.59 Å². The zero-order valence-electron chi connectivity index (χ0n) is 12.4. The molecule has 2 heterocycles. The maximum absolute atomic E-state index is 12.6. The number of carboxylic acid groups (broad SMARTS) is 1. The molecule has 2 fully saturated rings. The Kier molecular flexibility index (Phi) is 4.39. The van der Waals surface area contributed by atoms with E-state index < -0.39 is 23.3 Å². The predicted molar refractivity (Wildman–Crippen MR) is 75.5 cm³/mol. The smallest absolute Gasteiger partial charge is 0.320 e. The fraction of sp³-hybridized carbons (Fsp3) is 0.786. The molecule has 0 aromatic rings. The van der Waals surface area contributed by atoms with Crippen LogP contribution in [0.15, 0.2) is 0 Å². The molecule has 2 unspecified atom stereocenters. The van der Waals surface area contributed by atoms with Crippen LogP contribution in [0.5, 0.6) is 0 Å². The number of rotatable bonds is 3. The Morgan fingerprint density at radius 2 is 2.00 bits per heavy atom. The standard InChI is InChI=1S/C14H23N3O4/c1-2-14(12(19)20)6-8-16(9-14)13(21)17-7-4-3-5-10(17)11(15)18/h10H,2-9H2,1H3,(H2,15,18)(H,19,20). The summed E-state index contributed by atoms with van der Waals surface area (Å²) >= 11 is 0. The maximum atomic E-state index is 12.6. The summed E-state index contributed by atoms with van der Waals surface area (Å²) in [6.45, 7) is 2.96. The van der Waals surface area contributed by atoms with Crippen molar-refractivity contribution in [3.05, 3.63) is 0 Å². The van der Waals surface area contributed by atoms with Crippen molar-refractivity contribution in [2.24, 2.45) is 11.1 Å². The van der Waals surface area contributed by atoms with Gasteiger partial charge in [-0.15, -0.1) is 0 Å². The van der Waals surface area contributed by atoms with Crippen molar-refractivity contribution in [1.29, 1.82) is 0 Å². The van der Waals surface area contributed by atoms with Gasteiger partial charge in [-0.1, -0.05) is 6.92 Å². The molecule has 2 saturated heterocycles. The highest BCUT2D eigenvalue weighted by molar-refractivity contribution is 5.87. The highest BCUT2D eigenvalue weighted by Gasteiger charge is 2.46. The van der Waals surface area contributed by atoms with E-state index in [0.717, 1.165) is 12.8 Å². The lowest BCUT2D eigenvalue weighted by Crippen LogP contribution is -2.54. The molecule has 0 bridgehead atoms. The van der Waals surface area contributed by atoms with Gasteiger partial charge < -0.3 is 20.6 Å². The monoisotopic (exact) mass is 297 g/mol. The topological polar surface area (TPSA) is 104 Å². The summed E-state index contributed by atoms with van der Waals surface area (Å²) in [5, 5.41) is 9.39. The lowest BCUT2D eigenvalue weighted by atomic mass is 9.84. The molecular weight excluding hydrogens is 274 g/mol. The molecule has 2 atom stereocenters. The third-order valence-electron chi connectivity index (χ3n) is 4.83. The van der Waals surface area contributed by atoms with Crippen LogP contribution in [0, 0.1) is 5.41 Å². The van der Waals surface area contributed by atoms with E-state index in [1.54, 1.807) is 4.90 Å². The van der Waals surface area contributed by atoms with E-state index in [1.165, 1.54) is 4.90 Å². The van der Waals surface area contributed by atoms with Gasteiger partial charge in [-0.2, -0.15) is 0 Å². The normalized spacial score (nSPS) is 29.5. The lowest BCUT2D eigenvalue weighted by molar-refractivity contribution is -0.148. The van der Waals surface area contributed by atoms with Crippen molar-refractivity contribution in [1.82, 2.24) is 9.80 Å². The Bertz CT molecular complexity index is 454. The summed E-state index contributed by atoms with van der Waals surface area (Å²) in [5.41, 5.74) is 4.52. The fourth-order valence-electron chi connectivity index (χ4n) is 3.29. The van der Waals surface area contributed by atoms with Gasteiger partial charge in [0.25, 0.3) is 0 Å². The first-order valence-electron chi connectivity index (χ1n) is 7.49. The third-order valence-corrected chi connectivity index (χ3v) is 4.83. The van der Waals surface area contributed by atoms with Crippen LogP contribution in [0.1, 0.15) is 39.0 Å². The van der Waals surface area contributed by atoms with Crippen LogP contribution < -0.4 is 5.73 Å². The Labute approximate surface area is 124 Å². The first kappa shape index (κ1) is 15.6. The number of aliphatic carboxylic acids is 1. The molecule has 3 N–H and O–H groups in total. The number of hydrogen-bond donors (Lipinski definition) is 2. The number of nitrogens with two attached hydrogens (primary N) is 1. The Morgan fingerprint density at radius 3 is 2.52 bits per heavy atom. The van der Waals surface area contributed by atoms with E-state index >= 15 is 0 Å². The lowest BCUT2D eigenvalue weighted by Gasteiger charge is -2.36. The molecule has 0 saturated carbocycles. The van der Waals surface area contributed by atoms with Crippen molar-refractivity contribution in [3.63, 3.8) is 0 Å². The molecular formula is C14H23N3O4. The van der Waals surface area contributed by atoms with Gasteiger partial charge in [-0.25, -0.2) is 4.79 Å². The van der Waals surface area contributed by atoms with Gasteiger partial charge in [-0.05, 0) is 32.1 Å². The summed E-state index contributed by atoms with van der Waals surface area (Å²) in [5.74, 6) is -1.34. The summed E-state index contributed by atoms with van der Waals surface area (Å²) in [6, 6.07) is -0.817. The average Bonchev–Trinajstić information content (AvgIpc) is 2.92. The van der Waals surface area contributed by atoms with Crippen LogP contribution in [0.25, 0.3) is 0 Å². The van der Waals surface area contributed by atoms with Crippen LogP contribution in [-0.2, 0) is 9.59 Å². The van der Waals surface area contributed by atoms with Crippen molar-refractivity contribution in [3.8, 4) is 0 Å². The molecule has 0 radical (unpaired) electrons.